The second kappa shape index (κ2) is 8.51. The largest absolute Gasteiger partial charge is 0.481 e. The Balaban J connectivity index is -0.000000845. The quantitative estimate of drug-likeness (QED) is 0.223. The third kappa shape index (κ3) is 6.38. The molecule has 0 bridgehead atoms. The molecule has 84 valence electrons. The van der Waals surface area contributed by atoms with Crippen molar-refractivity contribution in [1.82, 2.24) is 0 Å². The van der Waals surface area contributed by atoms with Gasteiger partial charge in [-0.25, -0.2) is 4.79 Å². The molecule has 0 aromatic rings. The monoisotopic (exact) mass is 272 g/mol. The molecule has 0 saturated heterocycles. The van der Waals surface area contributed by atoms with Gasteiger partial charge in [0.25, 0.3) is 0 Å². The van der Waals surface area contributed by atoms with Gasteiger partial charge >= 0.3 is 17.7 Å². The van der Waals surface area contributed by atoms with Crippen LogP contribution in [0.1, 0.15) is 12.8 Å². The van der Waals surface area contributed by atoms with Crippen molar-refractivity contribution in [2.45, 2.75) is 24.4 Å². The first-order valence-corrected chi connectivity index (χ1v) is 3.46. The standard InChI is InChI=1S/C6H10O8.K.Na/c7-3(8)1-2-5(11,12)6(13,14)4(9)10;;/h11-14H,1-2H2,(H,7,8)(H,9,10);;. The van der Waals surface area contributed by atoms with Gasteiger partial charge < -0.3 is 30.6 Å². The van der Waals surface area contributed by atoms with Crippen LogP contribution in [0.4, 0.5) is 0 Å². The van der Waals surface area contributed by atoms with Gasteiger partial charge in [0.15, 0.2) is 0 Å². The van der Waals surface area contributed by atoms with E-state index in [9.17, 15) is 9.59 Å². The SMILES string of the molecule is O=C(O)CCC(O)(O)C(O)(O)C(=O)O.[K].[Na]. The fraction of sp³-hybridized carbons (Fsp3) is 0.667. The molecule has 6 N–H and O–H groups in total. The molecule has 0 unspecified atom stereocenters. The zero-order chi connectivity index (χ0) is 11.6. The number of hydrogen-bond donors (Lipinski definition) is 6. The summed E-state index contributed by atoms with van der Waals surface area (Å²) in [7, 11) is 0. The van der Waals surface area contributed by atoms with Crippen molar-refractivity contribution >= 4 is 92.9 Å². The van der Waals surface area contributed by atoms with E-state index in [0.717, 1.165) is 0 Å². The average molecular weight is 272 g/mol. The first kappa shape index (κ1) is 22.6. The zero-order valence-corrected chi connectivity index (χ0v) is 14.0. The summed E-state index contributed by atoms with van der Waals surface area (Å²) < 4.78 is 0. The second-order valence-electron chi connectivity index (χ2n) is 2.69. The molecule has 2 radical (unpaired) electrons. The van der Waals surface area contributed by atoms with Crippen molar-refractivity contribution in [1.29, 1.82) is 0 Å². The molecular weight excluding hydrogens is 262 g/mol. The molecule has 0 spiro atoms. The Bertz CT molecular complexity index is 253. The van der Waals surface area contributed by atoms with Gasteiger partial charge in [-0.3, -0.25) is 4.79 Å². The number of rotatable bonds is 5. The third-order valence-corrected chi connectivity index (χ3v) is 1.54. The van der Waals surface area contributed by atoms with Gasteiger partial charge in [0.05, 0.1) is 6.42 Å². The van der Waals surface area contributed by atoms with E-state index >= 15 is 0 Å². The Hall–Kier alpha value is 1.42. The predicted molar refractivity (Wildman–Crippen MR) is 50.4 cm³/mol. The summed E-state index contributed by atoms with van der Waals surface area (Å²) in [6, 6.07) is 0. The normalized spacial score (nSPS) is 11.0. The minimum atomic E-state index is -3.80. The Morgan fingerprint density at radius 2 is 1.38 bits per heavy atom. The van der Waals surface area contributed by atoms with Crippen molar-refractivity contribution in [3.8, 4) is 0 Å². The van der Waals surface area contributed by atoms with Gasteiger partial charge in [0.1, 0.15) is 0 Å². The first-order valence-electron chi connectivity index (χ1n) is 3.46. The number of aliphatic carboxylic acids is 2. The summed E-state index contributed by atoms with van der Waals surface area (Å²) in [5, 5.41) is 51.5. The van der Waals surface area contributed by atoms with E-state index in [4.69, 9.17) is 30.6 Å². The maximum absolute atomic E-state index is 10.1. The Kier molecular flexibility index (Phi) is 12.0. The molecule has 0 heterocycles. The molecular formula is C6H10KNaO8. The first-order chi connectivity index (χ1) is 6.11. The molecule has 0 aromatic heterocycles. The summed E-state index contributed by atoms with van der Waals surface area (Å²) >= 11 is 0. The van der Waals surface area contributed by atoms with Crippen LogP contribution >= 0.6 is 0 Å². The van der Waals surface area contributed by atoms with Crippen molar-refractivity contribution in [2.24, 2.45) is 0 Å². The van der Waals surface area contributed by atoms with Crippen molar-refractivity contribution in [3.63, 3.8) is 0 Å². The summed E-state index contributed by atoms with van der Waals surface area (Å²) in [4.78, 5) is 20.2. The van der Waals surface area contributed by atoms with E-state index in [1.807, 2.05) is 0 Å². The minimum absolute atomic E-state index is 0. The molecule has 0 aromatic carbocycles. The van der Waals surface area contributed by atoms with Gasteiger partial charge in [-0.05, 0) is 0 Å². The molecule has 8 nitrogen and oxygen atoms in total. The van der Waals surface area contributed by atoms with Gasteiger partial charge in [-0.1, -0.05) is 0 Å². The molecule has 0 amide bonds. The molecule has 0 fully saturated rings. The van der Waals surface area contributed by atoms with Crippen LogP contribution in [-0.2, 0) is 9.59 Å². The topological polar surface area (TPSA) is 156 Å². The van der Waals surface area contributed by atoms with Crippen LogP contribution in [0.5, 0.6) is 0 Å². The summed E-state index contributed by atoms with van der Waals surface area (Å²) in [5.41, 5.74) is 0. The second-order valence-corrected chi connectivity index (χ2v) is 2.69. The van der Waals surface area contributed by atoms with Crippen LogP contribution in [0.25, 0.3) is 0 Å². The predicted octanol–water partition coefficient (Wildman–Crippen LogP) is -3.46. The number of carboxylic acids is 2. The van der Waals surface area contributed by atoms with Crippen LogP contribution in [0, 0.1) is 0 Å². The van der Waals surface area contributed by atoms with E-state index in [1.165, 1.54) is 0 Å². The maximum Gasteiger partial charge on any atom is 0.370 e. The molecule has 0 aliphatic heterocycles. The number of aliphatic hydroxyl groups is 4. The maximum atomic E-state index is 10.1. The van der Waals surface area contributed by atoms with Crippen LogP contribution in [0.2, 0.25) is 0 Å². The van der Waals surface area contributed by atoms with E-state index < -0.39 is 36.4 Å². The van der Waals surface area contributed by atoms with E-state index in [0.29, 0.717) is 0 Å². The Labute approximate surface area is 155 Å². The van der Waals surface area contributed by atoms with Crippen molar-refractivity contribution in [3.05, 3.63) is 0 Å². The average Bonchev–Trinajstić information content (AvgIpc) is 2.00. The van der Waals surface area contributed by atoms with Gasteiger partial charge in [-0.15, -0.1) is 0 Å². The molecule has 0 aliphatic carbocycles. The molecule has 0 atom stereocenters. The fourth-order valence-corrected chi connectivity index (χ4v) is 0.627. The number of hydrogen-bond acceptors (Lipinski definition) is 6. The van der Waals surface area contributed by atoms with Crippen LogP contribution in [-0.4, -0.2) is 135 Å². The van der Waals surface area contributed by atoms with Gasteiger partial charge in [-0.2, -0.15) is 0 Å². The summed E-state index contributed by atoms with van der Waals surface area (Å²) in [6.45, 7) is 0. The Morgan fingerprint density at radius 3 is 1.62 bits per heavy atom. The Morgan fingerprint density at radius 1 is 1.00 bits per heavy atom. The van der Waals surface area contributed by atoms with Crippen LogP contribution < -0.4 is 0 Å². The fourth-order valence-electron chi connectivity index (χ4n) is 0.627. The van der Waals surface area contributed by atoms with Crippen molar-refractivity contribution < 1.29 is 40.2 Å². The summed E-state index contributed by atoms with van der Waals surface area (Å²) in [6.07, 6.45) is -1.84. The molecule has 0 rings (SSSR count). The van der Waals surface area contributed by atoms with Gasteiger partial charge in [0.2, 0.25) is 5.79 Å². The van der Waals surface area contributed by atoms with Crippen LogP contribution in [0.15, 0.2) is 0 Å². The molecule has 16 heavy (non-hydrogen) atoms. The number of carbonyl (C=O) groups is 2. The molecule has 10 heteroatoms. The van der Waals surface area contributed by atoms with E-state index in [-0.39, 0.29) is 80.9 Å². The number of carboxylic acid groups (broad SMARTS) is 2. The van der Waals surface area contributed by atoms with Gasteiger partial charge in [0, 0.05) is 87.4 Å². The van der Waals surface area contributed by atoms with Crippen LogP contribution in [0.3, 0.4) is 0 Å². The van der Waals surface area contributed by atoms with Crippen molar-refractivity contribution in [2.75, 3.05) is 0 Å². The van der Waals surface area contributed by atoms with E-state index in [2.05, 4.69) is 0 Å². The molecule has 0 saturated carbocycles. The summed E-state index contributed by atoms with van der Waals surface area (Å²) in [5.74, 6) is -10.9. The van der Waals surface area contributed by atoms with E-state index in [1.54, 1.807) is 0 Å². The smallest absolute Gasteiger partial charge is 0.370 e. The minimum Gasteiger partial charge on any atom is -0.481 e. The zero-order valence-electron chi connectivity index (χ0n) is 8.91. The third-order valence-electron chi connectivity index (χ3n) is 1.54. The molecule has 0 aliphatic rings.